The van der Waals surface area contributed by atoms with Crippen molar-refractivity contribution in [3.63, 3.8) is 0 Å². The van der Waals surface area contributed by atoms with Crippen molar-refractivity contribution in [2.75, 3.05) is 13.2 Å². The van der Waals surface area contributed by atoms with Crippen molar-refractivity contribution >= 4 is 16.9 Å². The van der Waals surface area contributed by atoms with Gasteiger partial charge in [0, 0.05) is 12.1 Å². The van der Waals surface area contributed by atoms with E-state index in [4.69, 9.17) is 9.47 Å². The molecule has 1 aromatic heterocycles. The number of rotatable bonds is 10. The topological polar surface area (TPSA) is 89.1 Å². The molecule has 0 bridgehead atoms. The Balaban J connectivity index is 1.12. The number of nitrogens with one attached hydrogen (secondary N) is 2. The molecule has 7 nitrogen and oxygen atoms in total. The number of hydrogen-bond donors (Lipinski definition) is 2. The van der Waals surface area contributed by atoms with Crippen LogP contribution >= 0.6 is 0 Å². The van der Waals surface area contributed by atoms with Crippen molar-refractivity contribution in [3.05, 3.63) is 83.9 Å². The number of carbonyl (C=O) groups is 1. The second-order valence-electron chi connectivity index (χ2n) is 7.08. The van der Waals surface area contributed by atoms with Crippen LogP contribution in [0.4, 0.5) is 0 Å². The molecule has 4 rings (SSSR count). The lowest BCUT2D eigenvalue weighted by Crippen LogP contribution is -2.24. The Hall–Kier alpha value is -3.87. The van der Waals surface area contributed by atoms with Gasteiger partial charge in [-0.1, -0.05) is 30.3 Å². The minimum absolute atomic E-state index is 0.114. The Morgan fingerprint density at radius 1 is 0.839 bits per heavy atom. The first kappa shape index (κ1) is 20.4. The number of H-pyrrole nitrogens is 1. The minimum Gasteiger partial charge on any atom is -0.494 e. The SMILES string of the molecule is O=C(NCCCCOc1ccc(OCc2ccccc2)cc1)c1ccc2n[nH]nc2c1. The Morgan fingerprint density at radius 3 is 2.39 bits per heavy atom. The van der Waals surface area contributed by atoms with Gasteiger partial charge in [0.05, 0.1) is 6.61 Å². The highest BCUT2D eigenvalue weighted by Crippen LogP contribution is 2.19. The van der Waals surface area contributed by atoms with Gasteiger partial charge < -0.3 is 14.8 Å². The molecule has 0 radical (unpaired) electrons. The van der Waals surface area contributed by atoms with Crippen LogP contribution in [0.15, 0.2) is 72.8 Å². The monoisotopic (exact) mass is 416 g/mol. The molecule has 0 atom stereocenters. The molecule has 7 heteroatoms. The summed E-state index contributed by atoms with van der Waals surface area (Å²) in [5, 5.41) is 13.4. The third-order valence-electron chi connectivity index (χ3n) is 4.78. The van der Waals surface area contributed by atoms with E-state index in [0.29, 0.717) is 30.8 Å². The fourth-order valence-corrected chi connectivity index (χ4v) is 3.08. The number of hydrogen-bond acceptors (Lipinski definition) is 5. The summed E-state index contributed by atoms with van der Waals surface area (Å²) in [7, 11) is 0. The first-order valence-electron chi connectivity index (χ1n) is 10.3. The maximum atomic E-state index is 12.2. The summed E-state index contributed by atoms with van der Waals surface area (Å²) in [5.41, 5.74) is 3.13. The molecule has 2 N–H and O–H groups in total. The molecule has 0 spiro atoms. The highest BCUT2D eigenvalue weighted by molar-refractivity contribution is 5.97. The van der Waals surface area contributed by atoms with Crippen LogP contribution in [0.1, 0.15) is 28.8 Å². The molecule has 0 unspecified atom stereocenters. The van der Waals surface area contributed by atoms with Gasteiger partial charge in [0.2, 0.25) is 0 Å². The third kappa shape index (κ3) is 5.82. The first-order valence-corrected chi connectivity index (χ1v) is 10.3. The minimum atomic E-state index is -0.114. The van der Waals surface area contributed by atoms with Gasteiger partial charge in [0.25, 0.3) is 5.91 Å². The van der Waals surface area contributed by atoms with Crippen LogP contribution in [0.2, 0.25) is 0 Å². The largest absolute Gasteiger partial charge is 0.494 e. The Morgan fingerprint density at radius 2 is 1.58 bits per heavy atom. The molecule has 0 aliphatic heterocycles. The summed E-state index contributed by atoms with van der Waals surface area (Å²) in [5.74, 6) is 1.50. The van der Waals surface area contributed by atoms with Crippen molar-refractivity contribution in [3.8, 4) is 11.5 Å². The fraction of sp³-hybridized carbons (Fsp3) is 0.208. The molecule has 0 aliphatic carbocycles. The van der Waals surface area contributed by atoms with E-state index in [1.54, 1.807) is 18.2 Å². The maximum absolute atomic E-state index is 12.2. The van der Waals surface area contributed by atoms with E-state index >= 15 is 0 Å². The summed E-state index contributed by atoms with van der Waals surface area (Å²) in [6, 6.07) is 22.9. The highest BCUT2D eigenvalue weighted by Gasteiger charge is 2.07. The van der Waals surface area contributed by atoms with Crippen molar-refractivity contribution < 1.29 is 14.3 Å². The van der Waals surface area contributed by atoms with Gasteiger partial charge in [-0.3, -0.25) is 4.79 Å². The van der Waals surface area contributed by atoms with E-state index in [0.717, 1.165) is 35.4 Å². The lowest BCUT2D eigenvalue weighted by molar-refractivity contribution is 0.0952. The zero-order valence-corrected chi connectivity index (χ0v) is 17.1. The van der Waals surface area contributed by atoms with Gasteiger partial charge in [0.1, 0.15) is 29.1 Å². The van der Waals surface area contributed by atoms with E-state index < -0.39 is 0 Å². The van der Waals surface area contributed by atoms with Crippen molar-refractivity contribution in [1.29, 1.82) is 0 Å². The van der Waals surface area contributed by atoms with Crippen molar-refractivity contribution in [2.45, 2.75) is 19.4 Å². The molecule has 0 aliphatic rings. The Kier molecular flexibility index (Phi) is 6.74. The lowest BCUT2D eigenvalue weighted by Gasteiger charge is -2.09. The molecule has 1 heterocycles. The van der Waals surface area contributed by atoms with Gasteiger partial charge in [-0.2, -0.15) is 15.4 Å². The number of unbranched alkanes of at least 4 members (excludes halogenated alkanes) is 1. The van der Waals surface area contributed by atoms with Gasteiger partial charge >= 0.3 is 0 Å². The second-order valence-corrected chi connectivity index (χ2v) is 7.08. The summed E-state index contributed by atoms with van der Waals surface area (Å²) < 4.78 is 11.5. The number of carbonyl (C=O) groups excluding carboxylic acids is 1. The quantitative estimate of drug-likeness (QED) is 0.380. The smallest absolute Gasteiger partial charge is 0.251 e. The number of aromatic amines is 1. The second kappa shape index (κ2) is 10.2. The lowest BCUT2D eigenvalue weighted by atomic mass is 10.2. The van der Waals surface area contributed by atoms with Crippen LogP contribution in [-0.2, 0) is 6.61 Å². The number of aromatic nitrogens is 3. The summed E-state index contributed by atoms with van der Waals surface area (Å²) in [6.07, 6.45) is 1.67. The Bertz CT molecular complexity index is 1110. The van der Waals surface area contributed by atoms with Gasteiger partial charge in [-0.05, 0) is 60.9 Å². The zero-order chi connectivity index (χ0) is 21.3. The van der Waals surface area contributed by atoms with E-state index in [1.165, 1.54) is 0 Å². The molecule has 4 aromatic rings. The average molecular weight is 416 g/mol. The fourth-order valence-electron chi connectivity index (χ4n) is 3.08. The van der Waals surface area contributed by atoms with E-state index in [2.05, 4.69) is 20.7 Å². The molecule has 1 amide bonds. The van der Waals surface area contributed by atoms with Gasteiger partial charge in [-0.15, -0.1) is 0 Å². The molecular formula is C24H24N4O3. The van der Waals surface area contributed by atoms with E-state index in [9.17, 15) is 4.79 Å². The highest BCUT2D eigenvalue weighted by atomic mass is 16.5. The molecule has 158 valence electrons. The molecule has 3 aromatic carbocycles. The number of fused-ring (bicyclic) bond motifs is 1. The predicted octanol–water partition coefficient (Wildman–Crippen LogP) is 4.13. The predicted molar refractivity (Wildman–Crippen MR) is 118 cm³/mol. The summed E-state index contributed by atoms with van der Waals surface area (Å²) in [4.78, 5) is 12.2. The standard InChI is InChI=1S/C24H24N4O3/c29-24(19-8-13-22-23(16-19)27-28-26-22)25-14-4-5-15-30-20-9-11-21(12-10-20)31-17-18-6-2-1-3-7-18/h1-3,6-13,16H,4-5,14-15,17H2,(H,25,29)(H,26,27,28). The van der Waals surface area contributed by atoms with Gasteiger partial charge in [0.15, 0.2) is 0 Å². The number of amides is 1. The van der Waals surface area contributed by atoms with Crippen LogP contribution < -0.4 is 14.8 Å². The molecule has 31 heavy (non-hydrogen) atoms. The van der Waals surface area contributed by atoms with Crippen molar-refractivity contribution in [1.82, 2.24) is 20.7 Å². The van der Waals surface area contributed by atoms with Crippen molar-refractivity contribution in [2.24, 2.45) is 0 Å². The number of nitrogens with zero attached hydrogens (tertiary/aromatic N) is 2. The van der Waals surface area contributed by atoms with Crippen LogP contribution in [0.3, 0.4) is 0 Å². The molecule has 0 fully saturated rings. The van der Waals surface area contributed by atoms with Gasteiger partial charge in [-0.25, -0.2) is 0 Å². The Labute approximate surface area is 180 Å². The molecular weight excluding hydrogens is 392 g/mol. The van der Waals surface area contributed by atoms with E-state index in [-0.39, 0.29) is 5.91 Å². The zero-order valence-electron chi connectivity index (χ0n) is 17.1. The third-order valence-corrected chi connectivity index (χ3v) is 4.78. The van der Waals surface area contributed by atoms with Crippen LogP contribution in [0.5, 0.6) is 11.5 Å². The van der Waals surface area contributed by atoms with E-state index in [1.807, 2.05) is 54.6 Å². The van der Waals surface area contributed by atoms with Crippen LogP contribution in [0.25, 0.3) is 11.0 Å². The molecule has 0 saturated heterocycles. The normalized spacial score (nSPS) is 10.7. The first-order chi connectivity index (χ1) is 15.3. The number of ether oxygens (including phenoxy) is 2. The summed E-state index contributed by atoms with van der Waals surface area (Å²) in [6.45, 7) is 1.72. The van der Waals surface area contributed by atoms with Crippen LogP contribution in [-0.4, -0.2) is 34.5 Å². The van der Waals surface area contributed by atoms with Crippen LogP contribution in [0, 0.1) is 0 Å². The maximum Gasteiger partial charge on any atom is 0.251 e. The summed E-state index contributed by atoms with van der Waals surface area (Å²) >= 11 is 0. The average Bonchev–Trinajstić information content (AvgIpc) is 3.29. The molecule has 0 saturated carbocycles. The number of benzene rings is 3.